The highest BCUT2D eigenvalue weighted by atomic mass is 35.5. The van der Waals surface area contributed by atoms with Crippen molar-refractivity contribution >= 4 is 35.0 Å². The van der Waals surface area contributed by atoms with Crippen molar-refractivity contribution < 1.29 is 9.53 Å². The summed E-state index contributed by atoms with van der Waals surface area (Å²) in [5.74, 6) is 0.557. The van der Waals surface area contributed by atoms with Gasteiger partial charge in [0.05, 0.1) is 10.7 Å². The summed E-state index contributed by atoms with van der Waals surface area (Å²) in [6, 6.07) is 5.31. The SMILES string of the molecule is CCc1cccc(Cl)c1NC(C)C(=O)OCCSC. The van der Waals surface area contributed by atoms with E-state index in [-0.39, 0.29) is 5.97 Å². The van der Waals surface area contributed by atoms with E-state index in [9.17, 15) is 4.79 Å². The van der Waals surface area contributed by atoms with Gasteiger partial charge >= 0.3 is 5.97 Å². The first-order valence-electron chi connectivity index (χ1n) is 6.29. The highest BCUT2D eigenvalue weighted by Crippen LogP contribution is 2.27. The van der Waals surface area contributed by atoms with Crippen molar-refractivity contribution in [2.24, 2.45) is 0 Å². The lowest BCUT2D eigenvalue weighted by molar-refractivity contribution is -0.143. The van der Waals surface area contributed by atoms with Gasteiger partial charge in [-0.25, -0.2) is 4.79 Å². The molecule has 1 atom stereocenters. The van der Waals surface area contributed by atoms with Gasteiger partial charge in [0.2, 0.25) is 0 Å². The monoisotopic (exact) mass is 301 g/mol. The Morgan fingerprint density at radius 3 is 2.89 bits per heavy atom. The Labute approximate surface area is 124 Å². The number of hydrogen-bond donors (Lipinski definition) is 1. The Kier molecular flexibility index (Phi) is 7.10. The van der Waals surface area contributed by atoms with Crippen LogP contribution in [0.25, 0.3) is 0 Å². The van der Waals surface area contributed by atoms with Crippen molar-refractivity contribution in [1.29, 1.82) is 0 Å². The smallest absolute Gasteiger partial charge is 0.328 e. The summed E-state index contributed by atoms with van der Waals surface area (Å²) < 4.78 is 5.16. The number of hydrogen-bond acceptors (Lipinski definition) is 4. The summed E-state index contributed by atoms with van der Waals surface area (Å²) >= 11 is 7.81. The maximum atomic E-state index is 11.8. The molecule has 0 aliphatic carbocycles. The largest absolute Gasteiger partial charge is 0.463 e. The topological polar surface area (TPSA) is 38.3 Å². The summed E-state index contributed by atoms with van der Waals surface area (Å²) in [5.41, 5.74) is 1.91. The van der Waals surface area contributed by atoms with Crippen molar-refractivity contribution in [3.8, 4) is 0 Å². The van der Waals surface area contributed by atoms with E-state index in [2.05, 4.69) is 12.2 Å². The third-order valence-electron chi connectivity index (χ3n) is 2.73. The molecule has 1 aromatic rings. The van der Waals surface area contributed by atoms with E-state index in [1.165, 1.54) is 0 Å². The van der Waals surface area contributed by atoms with Crippen LogP contribution in [0.15, 0.2) is 18.2 Å². The van der Waals surface area contributed by atoms with Gasteiger partial charge in [0.15, 0.2) is 0 Å². The molecule has 0 spiro atoms. The number of thioether (sulfide) groups is 1. The van der Waals surface area contributed by atoms with Gasteiger partial charge < -0.3 is 10.1 Å². The van der Waals surface area contributed by atoms with Gasteiger partial charge in [-0.1, -0.05) is 30.7 Å². The van der Waals surface area contributed by atoms with Gasteiger partial charge in [-0.2, -0.15) is 11.8 Å². The molecule has 0 fully saturated rings. The molecule has 0 bridgehead atoms. The molecule has 19 heavy (non-hydrogen) atoms. The Morgan fingerprint density at radius 1 is 1.53 bits per heavy atom. The molecule has 106 valence electrons. The first-order chi connectivity index (χ1) is 9.10. The highest BCUT2D eigenvalue weighted by Gasteiger charge is 2.16. The summed E-state index contributed by atoms with van der Waals surface area (Å²) in [4.78, 5) is 11.8. The molecule has 1 unspecified atom stereocenters. The third kappa shape index (κ3) is 4.96. The normalized spacial score (nSPS) is 12.0. The number of benzene rings is 1. The predicted molar refractivity (Wildman–Crippen MR) is 83.3 cm³/mol. The summed E-state index contributed by atoms with van der Waals surface area (Å²) in [6.45, 7) is 4.28. The molecule has 0 amide bonds. The molecule has 0 aromatic heterocycles. The van der Waals surface area contributed by atoms with Gasteiger partial charge in [0.1, 0.15) is 12.6 Å². The van der Waals surface area contributed by atoms with E-state index >= 15 is 0 Å². The standard InChI is InChI=1S/C14H20ClNO2S/c1-4-11-6-5-7-12(15)13(11)16-10(2)14(17)18-8-9-19-3/h5-7,10,16H,4,8-9H2,1-3H3. The first-order valence-corrected chi connectivity index (χ1v) is 8.06. The van der Waals surface area contributed by atoms with E-state index in [1.54, 1.807) is 18.7 Å². The molecule has 1 rings (SSSR count). The molecular weight excluding hydrogens is 282 g/mol. The quantitative estimate of drug-likeness (QED) is 0.617. The first kappa shape index (κ1) is 16.2. The van der Waals surface area contributed by atoms with E-state index in [4.69, 9.17) is 16.3 Å². The average Bonchev–Trinajstić information content (AvgIpc) is 2.41. The number of halogens is 1. The number of rotatable bonds is 7. The molecule has 0 aliphatic heterocycles. The van der Waals surface area contributed by atoms with E-state index in [0.717, 1.165) is 23.4 Å². The Bertz CT molecular complexity index is 426. The van der Waals surface area contributed by atoms with E-state index in [0.29, 0.717) is 11.6 Å². The summed E-state index contributed by atoms with van der Waals surface area (Å²) in [6.07, 6.45) is 2.84. The maximum absolute atomic E-state index is 11.8. The van der Waals surface area contributed by atoms with Crippen LogP contribution in [0.4, 0.5) is 5.69 Å². The zero-order valence-electron chi connectivity index (χ0n) is 11.5. The molecule has 5 heteroatoms. The number of anilines is 1. The second-order valence-corrected chi connectivity index (χ2v) is 5.55. The van der Waals surface area contributed by atoms with Crippen LogP contribution in [-0.4, -0.2) is 30.6 Å². The minimum atomic E-state index is -0.410. The van der Waals surface area contributed by atoms with E-state index in [1.807, 2.05) is 24.5 Å². The van der Waals surface area contributed by atoms with Crippen LogP contribution in [0.2, 0.25) is 5.02 Å². The number of para-hydroxylation sites is 1. The molecule has 1 aromatic carbocycles. The van der Waals surface area contributed by atoms with Crippen molar-refractivity contribution in [3.63, 3.8) is 0 Å². The Hall–Kier alpha value is -0.870. The van der Waals surface area contributed by atoms with Crippen molar-refractivity contribution in [3.05, 3.63) is 28.8 Å². The molecule has 3 nitrogen and oxygen atoms in total. The van der Waals surface area contributed by atoms with E-state index < -0.39 is 6.04 Å². The fourth-order valence-corrected chi connectivity index (χ4v) is 2.15. The highest BCUT2D eigenvalue weighted by molar-refractivity contribution is 7.98. The lowest BCUT2D eigenvalue weighted by atomic mass is 10.1. The molecule has 0 saturated heterocycles. The predicted octanol–water partition coefficient (Wildman–Crippen LogP) is 3.61. The minimum Gasteiger partial charge on any atom is -0.463 e. The molecule has 0 saturated carbocycles. The molecule has 0 aliphatic rings. The summed E-state index contributed by atoms with van der Waals surface area (Å²) in [7, 11) is 0. The maximum Gasteiger partial charge on any atom is 0.328 e. The Balaban J connectivity index is 2.66. The number of aryl methyl sites for hydroxylation is 1. The van der Waals surface area contributed by atoms with Crippen LogP contribution in [0.3, 0.4) is 0 Å². The molecule has 1 N–H and O–H groups in total. The second kappa shape index (κ2) is 8.33. The fourth-order valence-electron chi connectivity index (χ4n) is 1.65. The van der Waals surface area contributed by atoms with Crippen LogP contribution >= 0.6 is 23.4 Å². The van der Waals surface area contributed by atoms with Gasteiger partial charge in [-0.3, -0.25) is 0 Å². The number of carbonyl (C=O) groups is 1. The molecule has 0 radical (unpaired) electrons. The molecular formula is C14H20ClNO2S. The number of nitrogens with one attached hydrogen (secondary N) is 1. The lowest BCUT2D eigenvalue weighted by Gasteiger charge is -2.18. The van der Waals surface area contributed by atoms with Gasteiger partial charge in [-0.05, 0) is 31.2 Å². The minimum absolute atomic E-state index is 0.254. The van der Waals surface area contributed by atoms with Crippen molar-refractivity contribution in [2.45, 2.75) is 26.3 Å². The van der Waals surface area contributed by atoms with Gasteiger partial charge in [0.25, 0.3) is 0 Å². The van der Waals surface area contributed by atoms with Crippen LogP contribution in [0, 0.1) is 0 Å². The van der Waals surface area contributed by atoms with Crippen molar-refractivity contribution in [1.82, 2.24) is 0 Å². The van der Waals surface area contributed by atoms with Crippen LogP contribution in [0.1, 0.15) is 19.4 Å². The van der Waals surface area contributed by atoms with Crippen LogP contribution in [0.5, 0.6) is 0 Å². The third-order valence-corrected chi connectivity index (χ3v) is 3.62. The van der Waals surface area contributed by atoms with Crippen molar-refractivity contribution in [2.75, 3.05) is 23.9 Å². The summed E-state index contributed by atoms with van der Waals surface area (Å²) in [5, 5.41) is 3.77. The van der Waals surface area contributed by atoms with Crippen LogP contribution < -0.4 is 5.32 Å². The second-order valence-electron chi connectivity index (χ2n) is 4.15. The fraction of sp³-hybridized carbons (Fsp3) is 0.500. The van der Waals surface area contributed by atoms with Gasteiger partial charge in [0, 0.05) is 5.75 Å². The zero-order valence-corrected chi connectivity index (χ0v) is 13.1. The number of esters is 1. The van der Waals surface area contributed by atoms with Gasteiger partial charge in [-0.15, -0.1) is 0 Å². The molecule has 0 heterocycles. The Morgan fingerprint density at radius 2 is 2.26 bits per heavy atom. The number of ether oxygens (including phenoxy) is 1. The average molecular weight is 302 g/mol. The lowest BCUT2D eigenvalue weighted by Crippen LogP contribution is -2.29. The number of carbonyl (C=O) groups excluding carboxylic acids is 1. The zero-order chi connectivity index (χ0) is 14.3. The van der Waals surface area contributed by atoms with Crippen LogP contribution in [-0.2, 0) is 16.0 Å².